The lowest BCUT2D eigenvalue weighted by atomic mass is 10.3. The van der Waals surface area contributed by atoms with Crippen LogP contribution in [0, 0.1) is 0 Å². The van der Waals surface area contributed by atoms with Crippen molar-refractivity contribution in [3.63, 3.8) is 0 Å². The van der Waals surface area contributed by atoms with Crippen LogP contribution in [0.1, 0.15) is 19.8 Å². The summed E-state index contributed by atoms with van der Waals surface area (Å²) in [5, 5.41) is 2.65. The summed E-state index contributed by atoms with van der Waals surface area (Å²) in [5.41, 5.74) is 5.88. The third-order valence-electron chi connectivity index (χ3n) is 2.44. The normalized spacial score (nSPS) is 10.7. The highest BCUT2D eigenvalue weighted by Crippen LogP contribution is 2.14. The van der Waals surface area contributed by atoms with E-state index in [9.17, 15) is 13.2 Å². The van der Waals surface area contributed by atoms with Gasteiger partial charge in [-0.25, -0.2) is 13.1 Å². The fourth-order valence-corrected chi connectivity index (χ4v) is 2.43. The zero-order valence-corrected chi connectivity index (χ0v) is 12.9. The molecule has 1 aromatic carbocycles. The largest absolute Gasteiger partial charge is 0.330 e. The molecule has 0 aromatic heterocycles. The second kappa shape index (κ2) is 8.91. The topological polar surface area (TPSA) is 101 Å². The second-order valence-electron chi connectivity index (χ2n) is 3.97. The molecule has 0 unspecified atom stereocenters. The summed E-state index contributed by atoms with van der Waals surface area (Å²) in [4.78, 5) is 11.3. The Bertz CT molecular complexity index is 517. The lowest BCUT2D eigenvalue weighted by molar-refractivity contribution is -0.115. The number of nitrogens with one attached hydrogen (secondary N) is 2. The highest BCUT2D eigenvalue weighted by atomic mass is 35.5. The standard InChI is InChI=1S/C12H19N3O3S.ClH/c1-2-12(16)15-10-4-6-11(7-5-10)19(17,18)14-9-3-8-13;/h4-7,14H,2-3,8-9,13H2,1H3,(H,15,16);1H. The molecule has 0 aliphatic carbocycles. The third-order valence-corrected chi connectivity index (χ3v) is 3.92. The van der Waals surface area contributed by atoms with Crippen molar-refractivity contribution in [1.29, 1.82) is 0 Å². The molecule has 6 nitrogen and oxygen atoms in total. The summed E-state index contributed by atoms with van der Waals surface area (Å²) in [6.45, 7) is 2.49. The van der Waals surface area contributed by atoms with Gasteiger partial charge in [0, 0.05) is 18.7 Å². The van der Waals surface area contributed by atoms with E-state index >= 15 is 0 Å². The monoisotopic (exact) mass is 321 g/mol. The Hall–Kier alpha value is -1.15. The quantitative estimate of drug-likeness (QED) is 0.654. The summed E-state index contributed by atoms with van der Waals surface area (Å²) < 4.78 is 26.2. The molecular weight excluding hydrogens is 302 g/mol. The smallest absolute Gasteiger partial charge is 0.240 e. The second-order valence-corrected chi connectivity index (χ2v) is 5.73. The van der Waals surface area contributed by atoms with Crippen LogP contribution in [0.3, 0.4) is 0 Å². The highest BCUT2D eigenvalue weighted by molar-refractivity contribution is 7.89. The molecule has 0 spiro atoms. The van der Waals surface area contributed by atoms with Crippen molar-refractivity contribution >= 4 is 34.0 Å². The maximum absolute atomic E-state index is 11.9. The van der Waals surface area contributed by atoms with Gasteiger partial charge in [-0.05, 0) is 37.2 Å². The molecule has 0 radical (unpaired) electrons. The molecule has 0 saturated heterocycles. The molecule has 0 fully saturated rings. The van der Waals surface area contributed by atoms with Gasteiger partial charge in [-0.15, -0.1) is 12.4 Å². The molecule has 0 aliphatic rings. The van der Waals surface area contributed by atoms with Gasteiger partial charge in [-0.1, -0.05) is 6.92 Å². The molecule has 0 bridgehead atoms. The Labute approximate surface area is 125 Å². The molecular formula is C12H20ClN3O3S. The number of amides is 1. The van der Waals surface area contributed by atoms with Gasteiger partial charge < -0.3 is 11.1 Å². The highest BCUT2D eigenvalue weighted by Gasteiger charge is 2.12. The molecule has 0 saturated carbocycles. The Balaban J connectivity index is 0.00000361. The molecule has 0 heterocycles. The third kappa shape index (κ3) is 5.87. The number of rotatable bonds is 7. The number of sulfonamides is 1. The van der Waals surface area contributed by atoms with Crippen molar-refractivity contribution in [2.24, 2.45) is 5.73 Å². The van der Waals surface area contributed by atoms with E-state index in [1.807, 2.05) is 0 Å². The number of carbonyl (C=O) groups is 1. The van der Waals surface area contributed by atoms with Crippen LogP contribution in [-0.2, 0) is 14.8 Å². The zero-order valence-electron chi connectivity index (χ0n) is 11.3. The molecule has 1 rings (SSSR count). The van der Waals surface area contributed by atoms with Crippen molar-refractivity contribution in [2.45, 2.75) is 24.7 Å². The van der Waals surface area contributed by atoms with E-state index in [2.05, 4.69) is 10.0 Å². The first kappa shape index (κ1) is 18.9. The van der Waals surface area contributed by atoms with Crippen LogP contribution in [0.25, 0.3) is 0 Å². The fourth-order valence-electron chi connectivity index (χ4n) is 1.36. The van der Waals surface area contributed by atoms with Gasteiger partial charge in [0.2, 0.25) is 15.9 Å². The van der Waals surface area contributed by atoms with Gasteiger partial charge >= 0.3 is 0 Å². The van der Waals surface area contributed by atoms with Crippen LogP contribution >= 0.6 is 12.4 Å². The van der Waals surface area contributed by atoms with Crippen molar-refractivity contribution in [1.82, 2.24) is 4.72 Å². The molecule has 1 aromatic rings. The number of halogens is 1. The van der Waals surface area contributed by atoms with E-state index < -0.39 is 10.0 Å². The number of hydrogen-bond donors (Lipinski definition) is 3. The Morgan fingerprint density at radius 1 is 1.25 bits per heavy atom. The summed E-state index contributed by atoms with van der Waals surface area (Å²) in [6, 6.07) is 6.03. The van der Waals surface area contributed by atoms with Crippen molar-refractivity contribution < 1.29 is 13.2 Å². The summed E-state index contributed by atoms with van der Waals surface area (Å²) >= 11 is 0. The Kier molecular flexibility index (Phi) is 8.40. The molecule has 0 aliphatic heterocycles. The number of nitrogens with two attached hydrogens (primary N) is 1. The first-order chi connectivity index (χ1) is 8.99. The summed E-state index contributed by atoms with van der Waals surface area (Å²) in [6.07, 6.45) is 0.963. The fraction of sp³-hybridized carbons (Fsp3) is 0.417. The van der Waals surface area contributed by atoms with Crippen LogP contribution in [0.5, 0.6) is 0 Å². The maximum Gasteiger partial charge on any atom is 0.240 e. The van der Waals surface area contributed by atoms with Crippen LogP contribution in [-0.4, -0.2) is 27.4 Å². The van der Waals surface area contributed by atoms with Gasteiger partial charge in [0.25, 0.3) is 0 Å². The van der Waals surface area contributed by atoms with Crippen molar-refractivity contribution in [3.05, 3.63) is 24.3 Å². The van der Waals surface area contributed by atoms with E-state index in [4.69, 9.17) is 5.73 Å². The Morgan fingerprint density at radius 3 is 2.35 bits per heavy atom. The van der Waals surface area contributed by atoms with Crippen LogP contribution in [0.4, 0.5) is 5.69 Å². The lowest BCUT2D eigenvalue weighted by Gasteiger charge is -2.07. The minimum Gasteiger partial charge on any atom is -0.330 e. The van der Waals surface area contributed by atoms with Crippen LogP contribution in [0.2, 0.25) is 0 Å². The van der Waals surface area contributed by atoms with Gasteiger partial charge in [-0.3, -0.25) is 4.79 Å². The summed E-state index contributed by atoms with van der Waals surface area (Å²) in [5.74, 6) is -0.114. The molecule has 114 valence electrons. The van der Waals surface area contributed by atoms with Gasteiger partial charge in [0.15, 0.2) is 0 Å². The van der Waals surface area contributed by atoms with E-state index in [0.29, 0.717) is 31.6 Å². The molecule has 1 amide bonds. The van der Waals surface area contributed by atoms with Gasteiger partial charge in [0.1, 0.15) is 0 Å². The minimum absolute atomic E-state index is 0. The SMILES string of the molecule is CCC(=O)Nc1ccc(S(=O)(=O)NCCCN)cc1.Cl. The minimum atomic E-state index is -3.50. The van der Waals surface area contributed by atoms with Gasteiger partial charge in [-0.2, -0.15) is 0 Å². The lowest BCUT2D eigenvalue weighted by Crippen LogP contribution is -2.26. The van der Waals surface area contributed by atoms with E-state index in [-0.39, 0.29) is 23.2 Å². The molecule has 20 heavy (non-hydrogen) atoms. The van der Waals surface area contributed by atoms with E-state index in [1.165, 1.54) is 12.1 Å². The molecule has 0 atom stereocenters. The van der Waals surface area contributed by atoms with Crippen LogP contribution < -0.4 is 15.8 Å². The predicted molar refractivity (Wildman–Crippen MR) is 81.5 cm³/mol. The predicted octanol–water partition coefficient (Wildman–Crippen LogP) is 1.08. The maximum atomic E-state index is 11.9. The number of benzene rings is 1. The van der Waals surface area contributed by atoms with E-state index in [0.717, 1.165) is 0 Å². The van der Waals surface area contributed by atoms with Crippen LogP contribution in [0.15, 0.2) is 29.2 Å². The van der Waals surface area contributed by atoms with Crippen molar-refractivity contribution in [3.8, 4) is 0 Å². The molecule has 8 heteroatoms. The average molecular weight is 322 g/mol. The number of hydrogen-bond acceptors (Lipinski definition) is 4. The number of anilines is 1. The van der Waals surface area contributed by atoms with Crippen molar-refractivity contribution in [2.75, 3.05) is 18.4 Å². The zero-order chi connectivity index (χ0) is 14.3. The van der Waals surface area contributed by atoms with Gasteiger partial charge in [0.05, 0.1) is 4.90 Å². The van der Waals surface area contributed by atoms with E-state index in [1.54, 1.807) is 19.1 Å². The Morgan fingerprint density at radius 2 is 1.85 bits per heavy atom. The molecule has 4 N–H and O–H groups in total. The number of carbonyl (C=O) groups excluding carboxylic acids is 1. The first-order valence-electron chi connectivity index (χ1n) is 6.09. The average Bonchev–Trinajstić information content (AvgIpc) is 2.39. The first-order valence-corrected chi connectivity index (χ1v) is 7.57. The summed E-state index contributed by atoms with van der Waals surface area (Å²) in [7, 11) is -3.50.